The molecule has 1 aliphatic heterocycles. The molecule has 4 heteroatoms. The maximum Gasteiger partial charge on any atom is 0.194 e. The van der Waals surface area contributed by atoms with Crippen LogP contribution in [0.2, 0.25) is 0 Å². The van der Waals surface area contributed by atoms with Crippen molar-refractivity contribution in [1.82, 2.24) is 0 Å². The van der Waals surface area contributed by atoms with Crippen LogP contribution in [0.25, 0.3) is 0 Å². The zero-order chi connectivity index (χ0) is 11.7. The lowest BCUT2D eigenvalue weighted by Gasteiger charge is -2.09. The molecule has 86 valence electrons. The number of carbonyl (C=O) groups excluding carboxylic acids is 1. The summed E-state index contributed by atoms with van der Waals surface area (Å²) >= 11 is 0. The van der Waals surface area contributed by atoms with Gasteiger partial charge in [-0.25, -0.2) is 8.78 Å². The van der Waals surface area contributed by atoms with E-state index in [0.717, 1.165) is 18.6 Å². The summed E-state index contributed by atoms with van der Waals surface area (Å²) in [6.07, 6.45) is 0.747. The highest BCUT2D eigenvalue weighted by molar-refractivity contribution is 5.99. The molecule has 2 nitrogen and oxygen atoms in total. The number of aryl methyl sites for hydroxylation is 1. The van der Waals surface area contributed by atoms with E-state index in [9.17, 15) is 13.6 Å². The summed E-state index contributed by atoms with van der Waals surface area (Å²) in [6.45, 7) is 1.96. The fraction of sp³-hybridized carbons (Fsp3) is 0.417. The van der Waals surface area contributed by atoms with E-state index in [2.05, 4.69) is 0 Å². The molecule has 0 radical (unpaired) electrons. The molecule has 1 unspecified atom stereocenters. The number of carbonyl (C=O) groups is 1. The van der Waals surface area contributed by atoms with Gasteiger partial charge in [0.25, 0.3) is 0 Å². The Balaban J connectivity index is 2.32. The number of Topliss-reactive ketones (excluding diaryl/α,β-unsaturated/α-hetero) is 1. The minimum absolute atomic E-state index is 0.196. The van der Waals surface area contributed by atoms with Crippen LogP contribution in [0.4, 0.5) is 8.78 Å². The number of ether oxygens (including phenoxy) is 1. The van der Waals surface area contributed by atoms with Gasteiger partial charge in [0.2, 0.25) is 0 Å². The number of halogens is 2. The first kappa shape index (κ1) is 11.2. The molecule has 0 aliphatic carbocycles. The van der Waals surface area contributed by atoms with Gasteiger partial charge in [0.1, 0.15) is 17.7 Å². The molecule has 1 saturated heterocycles. The zero-order valence-electron chi connectivity index (χ0n) is 8.93. The molecule has 0 aromatic heterocycles. The highest BCUT2D eigenvalue weighted by Crippen LogP contribution is 2.21. The maximum atomic E-state index is 13.5. The van der Waals surface area contributed by atoms with Crippen molar-refractivity contribution in [2.75, 3.05) is 6.61 Å². The summed E-state index contributed by atoms with van der Waals surface area (Å²) < 4.78 is 31.9. The third-order valence-corrected chi connectivity index (χ3v) is 2.74. The summed E-state index contributed by atoms with van der Waals surface area (Å²) in [5.41, 5.74) is -0.0172. The first-order chi connectivity index (χ1) is 7.59. The van der Waals surface area contributed by atoms with Crippen molar-refractivity contribution in [3.8, 4) is 0 Å². The average Bonchev–Trinajstić information content (AvgIpc) is 2.75. The van der Waals surface area contributed by atoms with Crippen molar-refractivity contribution in [3.05, 3.63) is 34.9 Å². The normalized spacial score (nSPS) is 20.1. The molecule has 0 N–H and O–H groups in total. The third-order valence-electron chi connectivity index (χ3n) is 2.74. The van der Waals surface area contributed by atoms with Crippen molar-refractivity contribution in [2.45, 2.75) is 25.9 Å². The fourth-order valence-corrected chi connectivity index (χ4v) is 1.79. The first-order valence-corrected chi connectivity index (χ1v) is 5.21. The Morgan fingerprint density at radius 1 is 1.38 bits per heavy atom. The predicted molar refractivity (Wildman–Crippen MR) is 54.4 cm³/mol. The van der Waals surface area contributed by atoms with Crippen LogP contribution >= 0.6 is 0 Å². The largest absolute Gasteiger partial charge is 0.370 e. The van der Waals surface area contributed by atoms with Gasteiger partial charge in [-0.1, -0.05) is 0 Å². The molecule has 1 fully saturated rings. The Labute approximate surface area is 92.2 Å². The van der Waals surface area contributed by atoms with Crippen LogP contribution < -0.4 is 0 Å². The molecular weight excluding hydrogens is 214 g/mol. The van der Waals surface area contributed by atoms with E-state index in [1.807, 2.05) is 0 Å². The Morgan fingerprint density at radius 2 is 2.12 bits per heavy atom. The van der Waals surface area contributed by atoms with Crippen LogP contribution in [-0.4, -0.2) is 18.5 Å². The lowest BCUT2D eigenvalue weighted by molar-refractivity contribution is 0.0638. The van der Waals surface area contributed by atoms with Crippen LogP contribution in [-0.2, 0) is 4.74 Å². The second kappa shape index (κ2) is 4.29. The Bertz CT molecular complexity index is 423. The summed E-state index contributed by atoms with van der Waals surface area (Å²) in [5, 5.41) is 0. The quantitative estimate of drug-likeness (QED) is 0.724. The SMILES string of the molecule is Cc1cc(F)c(C(=O)C2CCCO2)cc1F. The molecule has 0 saturated carbocycles. The van der Waals surface area contributed by atoms with Gasteiger partial charge in [-0.05, 0) is 37.5 Å². The Kier molecular flexibility index (Phi) is 3.01. The molecule has 1 atom stereocenters. The van der Waals surface area contributed by atoms with Crippen molar-refractivity contribution in [1.29, 1.82) is 0 Å². The van der Waals surface area contributed by atoms with Crippen LogP contribution in [0.15, 0.2) is 12.1 Å². The van der Waals surface area contributed by atoms with Gasteiger partial charge in [0.05, 0.1) is 5.56 Å². The van der Waals surface area contributed by atoms with E-state index in [-0.39, 0.29) is 11.1 Å². The number of hydrogen-bond acceptors (Lipinski definition) is 2. The summed E-state index contributed by atoms with van der Waals surface area (Å²) in [7, 11) is 0. The van der Waals surface area contributed by atoms with Gasteiger partial charge in [-0.2, -0.15) is 0 Å². The maximum absolute atomic E-state index is 13.5. The number of benzene rings is 1. The first-order valence-electron chi connectivity index (χ1n) is 5.21. The molecule has 1 heterocycles. The molecule has 1 aromatic carbocycles. The van der Waals surface area contributed by atoms with Crippen molar-refractivity contribution in [3.63, 3.8) is 0 Å². The lowest BCUT2D eigenvalue weighted by Crippen LogP contribution is -2.21. The van der Waals surface area contributed by atoms with Crippen LogP contribution in [0.3, 0.4) is 0 Å². The second-order valence-corrected chi connectivity index (χ2v) is 3.95. The van der Waals surface area contributed by atoms with E-state index < -0.39 is 23.5 Å². The Hall–Kier alpha value is -1.29. The van der Waals surface area contributed by atoms with Gasteiger partial charge >= 0.3 is 0 Å². The van der Waals surface area contributed by atoms with Crippen molar-refractivity contribution < 1.29 is 18.3 Å². The summed E-state index contributed by atoms with van der Waals surface area (Å²) in [4.78, 5) is 11.8. The summed E-state index contributed by atoms with van der Waals surface area (Å²) in [6, 6.07) is 1.99. The average molecular weight is 226 g/mol. The topological polar surface area (TPSA) is 26.3 Å². The van der Waals surface area contributed by atoms with Gasteiger partial charge in [-0.15, -0.1) is 0 Å². The van der Waals surface area contributed by atoms with Gasteiger partial charge in [0, 0.05) is 6.61 Å². The highest BCUT2D eigenvalue weighted by Gasteiger charge is 2.27. The molecule has 0 bridgehead atoms. The molecule has 0 spiro atoms. The Morgan fingerprint density at radius 3 is 2.75 bits per heavy atom. The summed E-state index contributed by atoms with van der Waals surface area (Å²) in [5.74, 6) is -1.71. The lowest BCUT2D eigenvalue weighted by atomic mass is 10.0. The minimum Gasteiger partial charge on any atom is -0.370 e. The van der Waals surface area contributed by atoms with E-state index in [1.54, 1.807) is 0 Å². The fourth-order valence-electron chi connectivity index (χ4n) is 1.79. The van der Waals surface area contributed by atoms with Crippen molar-refractivity contribution in [2.24, 2.45) is 0 Å². The predicted octanol–water partition coefficient (Wildman–Crippen LogP) is 2.63. The van der Waals surface area contributed by atoms with Crippen LogP contribution in [0.5, 0.6) is 0 Å². The highest BCUT2D eigenvalue weighted by atomic mass is 19.1. The van der Waals surface area contributed by atoms with E-state index in [0.29, 0.717) is 13.0 Å². The number of hydrogen-bond donors (Lipinski definition) is 0. The van der Waals surface area contributed by atoms with Crippen LogP contribution in [0.1, 0.15) is 28.8 Å². The number of rotatable bonds is 2. The molecule has 1 aromatic rings. The van der Waals surface area contributed by atoms with Crippen LogP contribution in [0, 0.1) is 18.6 Å². The van der Waals surface area contributed by atoms with Gasteiger partial charge in [0.15, 0.2) is 5.78 Å². The molecule has 16 heavy (non-hydrogen) atoms. The minimum atomic E-state index is -0.681. The van der Waals surface area contributed by atoms with E-state index >= 15 is 0 Å². The second-order valence-electron chi connectivity index (χ2n) is 3.95. The smallest absolute Gasteiger partial charge is 0.194 e. The number of ketones is 1. The molecular formula is C12H12F2O2. The molecule has 2 rings (SSSR count). The molecule has 1 aliphatic rings. The van der Waals surface area contributed by atoms with E-state index in [1.165, 1.54) is 6.92 Å². The molecule has 0 amide bonds. The van der Waals surface area contributed by atoms with Gasteiger partial charge < -0.3 is 4.74 Å². The van der Waals surface area contributed by atoms with Gasteiger partial charge in [-0.3, -0.25) is 4.79 Å². The standard InChI is InChI=1S/C12H12F2O2/c1-7-5-10(14)8(6-9(7)13)12(15)11-3-2-4-16-11/h5-6,11H,2-4H2,1H3. The zero-order valence-corrected chi connectivity index (χ0v) is 8.93. The van der Waals surface area contributed by atoms with E-state index in [4.69, 9.17) is 4.74 Å². The third kappa shape index (κ3) is 1.97. The van der Waals surface area contributed by atoms with Crippen molar-refractivity contribution >= 4 is 5.78 Å². The monoisotopic (exact) mass is 226 g/mol.